The van der Waals surface area contributed by atoms with Crippen LogP contribution in [0.15, 0.2) is 0 Å². The van der Waals surface area contributed by atoms with Crippen LogP contribution in [0.1, 0.15) is 34.1 Å². The highest BCUT2D eigenvalue weighted by Crippen LogP contribution is 2.20. The van der Waals surface area contributed by atoms with E-state index in [4.69, 9.17) is 5.26 Å². The lowest BCUT2D eigenvalue weighted by molar-refractivity contribution is -0.133. The van der Waals surface area contributed by atoms with Crippen LogP contribution in [0.2, 0.25) is 0 Å². The summed E-state index contributed by atoms with van der Waals surface area (Å²) in [4.78, 5) is 13.9. The van der Waals surface area contributed by atoms with Gasteiger partial charge in [-0.05, 0) is 27.7 Å². The molecule has 0 spiro atoms. The third-order valence-electron chi connectivity index (χ3n) is 2.69. The summed E-state index contributed by atoms with van der Waals surface area (Å²) in [5.74, 6) is -0.0264. The smallest absolute Gasteiger partial charge is 0.238 e. The second kappa shape index (κ2) is 4.19. The standard InChI is InChI=1S/C11H19N3O/c1-8(2)14-7-11(3,4)13-10(15)9(14)5-6-12/h8-9H,5,7H2,1-4H3,(H,13,15). The molecule has 84 valence electrons. The highest BCUT2D eigenvalue weighted by atomic mass is 16.2. The number of piperazine rings is 1. The van der Waals surface area contributed by atoms with Crippen LogP contribution in [0.25, 0.3) is 0 Å². The molecule has 4 heteroatoms. The van der Waals surface area contributed by atoms with Crippen molar-refractivity contribution in [2.75, 3.05) is 6.54 Å². The van der Waals surface area contributed by atoms with Gasteiger partial charge in [-0.25, -0.2) is 0 Å². The maximum Gasteiger partial charge on any atom is 0.238 e. The molecule has 1 atom stereocenters. The zero-order chi connectivity index (χ0) is 11.6. The van der Waals surface area contributed by atoms with E-state index in [-0.39, 0.29) is 30.0 Å². The first-order valence-electron chi connectivity index (χ1n) is 5.32. The normalized spacial score (nSPS) is 26.1. The van der Waals surface area contributed by atoms with Gasteiger partial charge in [-0.15, -0.1) is 0 Å². The van der Waals surface area contributed by atoms with Crippen LogP contribution < -0.4 is 5.32 Å². The molecular weight excluding hydrogens is 190 g/mol. The molecule has 0 saturated carbocycles. The average molecular weight is 209 g/mol. The summed E-state index contributed by atoms with van der Waals surface area (Å²) in [6.45, 7) is 8.91. The van der Waals surface area contributed by atoms with E-state index < -0.39 is 0 Å². The van der Waals surface area contributed by atoms with Gasteiger partial charge in [0.2, 0.25) is 5.91 Å². The van der Waals surface area contributed by atoms with Crippen molar-refractivity contribution in [1.29, 1.82) is 5.26 Å². The Morgan fingerprint density at radius 3 is 2.73 bits per heavy atom. The number of hydrogen-bond acceptors (Lipinski definition) is 3. The van der Waals surface area contributed by atoms with E-state index in [0.717, 1.165) is 6.54 Å². The number of hydrogen-bond donors (Lipinski definition) is 1. The van der Waals surface area contributed by atoms with E-state index in [0.29, 0.717) is 0 Å². The van der Waals surface area contributed by atoms with Gasteiger partial charge < -0.3 is 5.32 Å². The summed E-state index contributed by atoms with van der Waals surface area (Å²) >= 11 is 0. The highest BCUT2D eigenvalue weighted by Gasteiger charge is 2.39. The first kappa shape index (κ1) is 12.0. The summed E-state index contributed by atoms with van der Waals surface area (Å²) in [5, 5.41) is 11.7. The van der Waals surface area contributed by atoms with Crippen molar-refractivity contribution >= 4 is 5.91 Å². The van der Waals surface area contributed by atoms with Crippen LogP contribution in [0.4, 0.5) is 0 Å². The van der Waals surface area contributed by atoms with Crippen molar-refractivity contribution in [3.63, 3.8) is 0 Å². The first-order valence-corrected chi connectivity index (χ1v) is 5.32. The molecule has 0 aromatic heterocycles. The molecular formula is C11H19N3O. The minimum absolute atomic E-state index is 0.0264. The molecule has 1 aliphatic rings. The second-order valence-electron chi connectivity index (χ2n) is 5.02. The molecule has 0 bridgehead atoms. The number of rotatable bonds is 2. The summed E-state index contributed by atoms with van der Waals surface area (Å²) in [7, 11) is 0. The fourth-order valence-electron chi connectivity index (χ4n) is 2.01. The van der Waals surface area contributed by atoms with Gasteiger partial charge in [-0.1, -0.05) is 0 Å². The number of amides is 1. The summed E-state index contributed by atoms with van der Waals surface area (Å²) in [5.41, 5.74) is -0.201. The molecule has 1 saturated heterocycles. The van der Waals surface area contributed by atoms with Crippen molar-refractivity contribution in [1.82, 2.24) is 10.2 Å². The zero-order valence-corrected chi connectivity index (χ0v) is 9.87. The zero-order valence-electron chi connectivity index (χ0n) is 9.87. The molecule has 1 aliphatic heterocycles. The maximum absolute atomic E-state index is 11.8. The molecule has 0 aliphatic carbocycles. The van der Waals surface area contributed by atoms with Gasteiger partial charge in [0, 0.05) is 18.1 Å². The quantitative estimate of drug-likeness (QED) is 0.734. The van der Waals surface area contributed by atoms with Gasteiger partial charge in [0.05, 0.1) is 12.5 Å². The number of carbonyl (C=O) groups is 1. The Hall–Kier alpha value is -1.08. The van der Waals surface area contributed by atoms with E-state index in [2.05, 4.69) is 30.1 Å². The van der Waals surface area contributed by atoms with Crippen LogP contribution in [0.5, 0.6) is 0 Å². The number of nitriles is 1. The Morgan fingerprint density at radius 2 is 2.27 bits per heavy atom. The van der Waals surface area contributed by atoms with Gasteiger partial charge in [0.15, 0.2) is 0 Å². The molecule has 1 N–H and O–H groups in total. The van der Waals surface area contributed by atoms with Crippen molar-refractivity contribution in [2.24, 2.45) is 0 Å². The van der Waals surface area contributed by atoms with Crippen molar-refractivity contribution < 1.29 is 4.79 Å². The monoisotopic (exact) mass is 209 g/mol. The molecule has 0 aromatic carbocycles. The topological polar surface area (TPSA) is 56.1 Å². The van der Waals surface area contributed by atoms with E-state index in [9.17, 15) is 4.79 Å². The minimum Gasteiger partial charge on any atom is -0.349 e. The van der Waals surface area contributed by atoms with E-state index >= 15 is 0 Å². The van der Waals surface area contributed by atoms with E-state index in [1.807, 2.05) is 13.8 Å². The third kappa shape index (κ3) is 2.69. The lowest BCUT2D eigenvalue weighted by Crippen LogP contribution is -2.65. The SMILES string of the molecule is CC(C)N1CC(C)(C)NC(=O)C1CC#N. The Morgan fingerprint density at radius 1 is 1.67 bits per heavy atom. The third-order valence-corrected chi connectivity index (χ3v) is 2.69. The van der Waals surface area contributed by atoms with Gasteiger partial charge in [-0.3, -0.25) is 9.69 Å². The van der Waals surface area contributed by atoms with Gasteiger partial charge in [-0.2, -0.15) is 5.26 Å². The van der Waals surface area contributed by atoms with E-state index in [1.165, 1.54) is 0 Å². The predicted molar refractivity (Wildman–Crippen MR) is 58.1 cm³/mol. The summed E-state index contributed by atoms with van der Waals surface area (Å²) in [6, 6.07) is 2.07. The molecule has 1 unspecified atom stereocenters. The van der Waals surface area contributed by atoms with Crippen LogP contribution in [0, 0.1) is 11.3 Å². The molecule has 1 fully saturated rings. The predicted octanol–water partition coefficient (Wildman–Crippen LogP) is 0.887. The van der Waals surface area contributed by atoms with E-state index in [1.54, 1.807) is 0 Å². The van der Waals surface area contributed by atoms with Crippen molar-refractivity contribution in [2.45, 2.75) is 51.7 Å². The Bertz CT molecular complexity index is 291. The van der Waals surface area contributed by atoms with Crippen LogP contribution in [-0.2, 0) is 4.79 Å². The highest BCUT2D eigenvalue weighted by molar-refractivity contribution is 5.83. The maximum atomic E-state index is 11.8. The molecule has 0 aromatic rings. The van der Waals surface area contributed by atoms with Gasteiger partial charge in [0.1, 0.15) is 6.04 Å². The molecule has 4 nitrogen and oxygen atoms in total. The Balaban J connectivity index is 2.87. The fraction of sp³-hybridized carbons (Fsp3) is 0.818. The summed E-state index contributed by atoms with van der Waals surface area (Å²) in [6.07, 6.45) is 0.264. The Kier molecular flexibility index (Phi) is 3.35. The first-order chi connectivity index (χ1) is 6.87. The second-order valence-corrected chi connectivity index (χ2v) is 5.02. The molecule has 1 amide bonds. The van der Waals surface area contributed by atoms with Crippen molar-refractivity contribution in [3.05, 3.63) is 0 Å². The molecule has 1 heterocycles. The van der Waals surface area contributed by atoms with Crippen LogP contribution in [0.3, 0.4) is 0 Å². The lowest BCUT2D eigenvalue weighted by atomic mass is 9.95. The number of nitrogens with zero attached hydrogens (tertiary/aromatic N) is 2. The van der Waals surface area contributed by atoms with Gasteiger partial charge in [0.25, 0.3) is 0 Å². The average Bonchev–Trinajstić information content (AvgIpc) is 2.08. The Labute approximate surface area is 91.2 Å². The van der Waals surface area contributed by atoms with Crippen LogP contribution >= 0.6 is 0 Å². The number of carbonyl (C=O) groups excluding carboxylic acids is 1. The largest absolute Gasteiger partial charge is 0.349 e. The van der Waals surface area contributed by atoms with Crippen molar-refractivity contribution in [3.8, 4) is 6.07 Å². The lowest BCUT2D eigenvalue weighted by Gasteiger charge is -2.45. The molecule has 15 heavy (non-hydrogen) atoms. The minimum atomic E-state index is -0.289. The molecule has 1 rings (SSSR count). The molecule has 0 radical (unpaired) electrons. The van der Waals surface area contributed by atoms with Crippen LogP contribution in [-0.4, -0.2) is 35.0 Å². The number of nitrogens with one attached hydrogen (secondary N) is 1. The fourth-order valence-corrected chi connectivity index (χ4v) is 2.01. The summed E-state index contributed by atoms with van der Waals surface area (Å²) < 4.78 is 0. The van der Waals surface area contributed by atoms with Gasteiger partial charge >= 0.3 is 0 Å².